The quantitative estimate of drug-likeness (QED) is 0.319. The maximum atomic E-state index is 14.8. The van der Waals surface area contributed by atoms with E-state index in [4.69, 9.17) is 10.5 Å². The lowest BCUT2D eigenvalue weighted by Crippen LogP contribution is -2.33. The predicted molar refractivity (Wildman–Crippen MR) is 143 cm³/mol. The van der Waals surface area contributed by atoms with Crippen molar-refractivity contribution in [3.63, 3.8) is 0 Å². The molecule has 6 rings (SSSR count). The van der Waals surface area contributed by atoms with Gasteiger partial charge in [-0.1, -0.05) is 6.07 Å². The molecule has 11 heteroatoms. The van der Waals surface area contributed by atoms with Gasteiger partial charge in [-0.3, -0.25) is 14.8 Å². The highest BCUT2D eigenvalue weighted by atomic mass is 32.1. The Bertz CT molecular complexity index is 1520. The number of hydrogen-bond acceptors (Lipinski definition) is 7. The number of amides is 3. The number of hydrogen-bond donors (Lipinski definition) is 3. The van der Waals surface area contributed by atoms with Crippen molar-refractivity contribution in [1.29, 1.82) is 0 Å². The lowest BCUT2D eigenvalue weighted by molar-refractivity contribution is -0.129. The number of nitrogens with two attached hydrogens (primary N) is 1. The van der Waals surface area contributed by atoms with Crippen LogP contribution in [0.25, 0.3) is 20.8 Å². The smallest absolute Gasteiger partial charge is 0.319 e. The fourth-order valence-electron chi connectivity index (χ4n) is 4.29. The van der Waals surface area contributed by atoms with Crippen molar-refractivity contribution in [2.45, 2.75) is 37.9 Å². The first-order valence-corrected chi connectivity index (χ1v) is 13.2. The van der Waals surface area contributed by atoms with Gasteiger partial charge in [-0.05, 0) is 49.1 Å². The maximum absolute atomic E-state index is 14.8. The average molecular weight is 533 g/mol. The first-order chi connectivity index (χ1) is 18.4. The van der Waals surface area contributed by atoms with E-state index in [2.05, 4.69) is 20.6 Å². The minimum Gasteiger partial charge on any atom is -0.453 e. The summed E-state index contributed by atoms with van der Waals surface area (Å²) in [6.45, 7) is 1.14. The highest BCUT2D eigenvalue weighted by Crippen LogP contribution is 2.39. The van der Waals surface area contributed by atoms with Crippen molar-refractivity contribution < 1.29 is 18.7 Å². The van der Waals surface area contributed by atoms with E-state index in [-0.39, 0.29) is 23.7 Å². The third kappa shape index (κ3) is 5.15. The summed E-state index contributed by atoms with van der Waals surface area (Å²) in [6.07, 6.45) is 5.98. The molecular formula is C27H25FN6O3S. The first kappa shape index (κ1) is 24.3. The number of aromatic nitrogens is 2. The Morgan fingerprint density at radius 1 is 1.13 bits per heavy atom. The number of pyridine rings is 2. The van der Waals surface area contributed by atoms with E-state index in [1.54, 1.807) is 29.4 Å². The van der Waals surface area contributed by atoms with Gasteiger partial charge < -0.3 is 26.0 Å². The average Bonchev–Trinajstić information content (AvgIpc) is 3.51. The zero-order chi connectivity index (χ0) is 26.2. The van der Waals surface area contributed by atoms with Gasteiger partial charge in [-0.2, -0.15) is 0 Å². The Kier molecular flexibility index (Phi) is 6.38. The Labute approximate surface area is 221 Å². The number of anilines is 1. The lowest BCUT2D eigenvalue weighted by Gasteiger charge is -2.15. The van der Waals surface area contributed by atoms with Crippen LogP contribution in [0.1, 0.15) is 24.8 Å². The second kappa shape index (κ2) is 9.99. The van der Waals surface area contributed by atoms with Crippen LogP contribution in [0, 0.1) is 5.82 Å². The normalized spacial score (nSPS) is 17.2. The monoisotopic (exact) mass is 532 g/mol. The van der Waals surface area contributed by atoms with Crippen molar-refractivity contribution in [3.8, 4) is 22.1 Å². The molecule has 1 saturated heterocycles. The molecule has 0 bridgehead atoms. The molecule has 0 spiro atoms. The molecule has 38 heavy (non-hydrogen) atoms. The molecule has 4 N–H and O–H groups in total. The summed E-state index contributed by atoms with van der Waals surface area (Å²) < 4.78 is 21.5. The van der Waals surface area contributed by atoms with Crippen LogP contribution in [-0.2, 0) is 11.3 Å². The summed E-state index contributed by atoms with van der Waals surface area (Å²) in [5, 5.41) is 5.44. The van der Waals surface area contributed by atoms with Gasteiger partial charge in [0, 0.05) is 49.3 Å². The zero-order valence-electron chi connectivity index (χ0n) is 20.3. The summed E-state index contributed by atoms with van der Waals surface area (Å²) in [7, 11) is 0. The number of halogens is 1. The van der Waals surface area contributed by atoms with Crippen LogP contribution in [0.4, 0.5) is 14.9 Å². The number of carbonyl (C=O) groups is 2. The minimum atomic E-state index is -0.592. The number of ether oxygens (including phenoxy) is 1. The number of urea groups is 1. The fraction of sp³-hybridized carbons (Fsp3) is 0.259. The van der Waals surface area contributed by atoms with Crippen molar-refractivity contribution >= 4 is 39.2 Å². The molecule has 1 saturated carbocycles. The molecule has 9 nitrogen and oxygen atoms in total. The number of fused-ring (bicyclic) bond motifs is 1. The van der Waals surface area contributed by atoms with Crippen LogP contribution in [0.3, 0.4) is 0 Å². The topological polar surface area (TPSA) is 122 Å². The van der Waals surface area contributed by atoms with Gasteiger partial charge in [0.15, 0.2) is 11.6 Å². The predicted octanol–water partition coefficient (Wildman–Crippen LogP) is 4.63. The molecule has 1 aliphatic carbocycles. The summed E-state index contributed by atoms with van der Waals surface area (Å²) in [5.74, 6) is -0.110. The van der Waals surface area contributed by atoms with E-state index >= 15 is 0 Å². The van der Waals surface area contributed by atoms with E-state index in [1.807, 2.05) is 18.2 Å². The van der Waals surface area contributed by atoms with Gasteiger partial charge in [0.05, 0.1) is 26.8 Å². The molecule has 0 radical (unpaired) electrons. The van der Waals surface area contributed by atoms with Crippen molar-refractivity contribution in [3.05, 3.63) is 66.2 Å². The van der Waals surface area contributed by atoms with Crippen LogP contribution in [0.15, 0.2) is 54.9 Å². The molecule has 3 amide bonds. The third-order valence-electron chi connectivity index (χ3n) is 6.49. The van der Waals surface area contributed by atoms with E-state index < -0.39 is 11.9 Å². The van der Waals surface area contributed by atoms with Crippen LogP contribution in [0.5, 0.6) is 11.5 Å². The number of nitrogens with one attached hydrogen (secondary N) is 2. The van der Waals surface area contributed by atoms with Gasteiger partial charge in [0.25, 0.3) is 0 Å². The van der Waals surface area contributed by atoms with Crippen LogP contribution in [-0.4, -0.2) is 45.4 Å². The van der Waals surface area contributed by atoms with Gasteiger partial charge in [-0.15, -0.1) is 11.3 Å². The number of rotatable bonds is 7. The van der Waals surface area contributed by atoms with Crippen molar-refractivity contribution in [2.75, 3.05) is 11.9 Å². The van der Waals surface area contributed by atoms with Crippen LogP contribution < -0.4 is 21.1 Å². The SMILES string of the molecule is NC1CCN(Cc2ccc(-c3cc4nccc(Oc5ccc(NC(=O)NC6CC6)cc5F)c4s3)nc2)C1=O. The van der Waals surface area contributed by atoms with E-state index in [9.17, 15) is 14.0 Å². The Balaban J connectivity index is 1.17. The molecule has 1 unspecified atom stereocenters. The molecule has 194 valence electrons. The van der Waals surface area contributed by atoms with E-state index in [1.165, 1.54) is 23.5 Å². The van der Waals surface area contributed by atoms with Crippen molar-refractivity contribution in [2.24, 2.45) is 5.73 Å². The Morgan fingerprint density at radius 2 is 2.00 bits per heavy atom. The van der Waals surface area contributed by atoms with E-state index in [0.29, 0.717) is 36.5 Å². The molecule has 4 heterocycles. The molecule has 2 fully saturated rings. The second-order valence-corrected chi connectivity index (χ2v) is 10.5. The van der Waals surface area contributed by atoms with E-state index in [0.717, 1.165) is 33.7 Å². The molecule has 1 atom stereocenters. The molecule has 3 aromatic heterocycles. The lowest BCUT2D eigenvalue weighted by atomic mass is 10.2. The number of thiophene rings is 1. The Hall–Kier alpha value is -4.09. The third-order valence-corrected chi connectivity index (χ3v) is 7.65. The zero-order valence-corrected chi connectivity index (χ0v) is 21.1. The number of benzene rings is 1. The van der Waals surface area contributed by atoms with Crippen molar-refractivity contribution in [1.82, 2.24) is 20.2 Å². The number of carbonyl (C=O) groups excluding carboxylic acids is 2. The second-order valence-electron chi connectivity index (χ2n) is 9.46. The largest absolute Gasteiger partial charge is 0.453 e. The molecular weight excluding hydrogens is 507 g/mol. The molecule has 4 aromatic rings. The Morgan fingerprint density at radius 3 is 2.71 bits per heavy atom. The summed E-state index contributed by atoms with van der Waals surface area (Å²) in [6, 6.07) is 11.2. The number of nitrogens with zero attached hydrogens (tertiary/aromatic N) is 3. The number of likely N-dealkylation sites (tertiary alicyclic amines) is 1. The molecule has 1 aliphatic heterocycles. The summed E-state index contributed by atoms with van der Waals surface area (Å²) >= 11 is 1.45. The van der Waals surface area contributed by atoms with Gasteiger partial charge >= 0.3 is 6.03 Å². The summed E-state index contributed by atoms with van der Waals surface area (Å²) in [5.41, 5.74) is 8.55. The minimum absolute atomic E-state index is 0.0291. The molecule has 2 aliphatic rings. The fourth-order valence-corrected chi connectivity index (χ4v) is 5.33. The molecule has 1 aromatic carbocycles. The van der Waals surface area contributed by atoms with Crippen LogP contribution in [0.2, 0.25) is 0 Å². The highest BCUT2D eigenvalue weighted by Gasteiger charge is 2.28. The van der Waals surface area contributed by atoms with Gasteiger partial charge in [0.2, 0.25) is 5.91 Å². The van der Waals surface area contributed by atoms with Gasteiger partial charge in [-0.25, -0.2) is 9.18 Å². The van der Waals surface area contributed by atoms with Gasteiger partial charge in [0.1, 0.15) is 5.75 Å². The standard InChI is InChI=1S/C27H25FN6O3S/c28-18-11-17(33-27(36)32-16-2-3-16)4-6-22(18)37-23-7-9-30-21-12-24(38-25(21)23)20-5-1-15(13-31-20)14-34-10-8-19(29)26(34)35/h1,4-7,9,11-13,16,19H,2-3,8,10,14,29H2,(H2,32,33,36). The summed E-state index contributed by atoms with van der Waals surface area (Å²) in [4.78, 5) is 35.7. The maximum Gasteiger partial charge on any atom is 0.319 e. The van der Waals surface area contributed by atoms with Crippen LogP contribution >= 0.6 is 11.3 Å². The first-order valence-electron chi connectivity index (χ1n) is 12.4. The highest BCUT2D eigenvalue weighted by molar-refractivity contribution is 7.22.